The van der Waals surface area contributed by atoms with E-state index >= 15 is 0 Å². The van der Waals surface area contributed by atoms with Gasteiger partial charge in [0, 0.05) is 5.69 Å². The van der Waals surface area contributed by atoms with Crippen LogP contribution in [0.15, 0.2) is 18.2 Å². The molecule has 0 aromatic heterocycles. The van der Waals surface area contributed by atoms with Crippen LogP contribution in [0.2, 0.25) is 0 Å². The Kier molecular flexibility index (Phi) is 4.59. The predicted molar refractivity (Wildman–Crippen MR) is 79.4 cm³/mol. The maximum Gasteiger partial charge on any atom is 0.241 e. The molecule has 2 rings (SSSR count). The molecule has 1 amide bonds. The maximum atomic E-state index is 12.5. The number of para-hydroxylation sites is 1. The molecule has 3 heteroatoms. The lowest BCUT2D eigenvalue weighted by molar-refractivity contribution is -0.120. The summed E-state index contributed by atoms with van der Waals surface area (Å²) in [4.78, 5) is 14.8. The van der Waals surface area contributed by atoms with Crippen molar-refractivity contribution in [1.82, 2.24) is 4.90 Å². The number of aryl methyl sites for hydroxylation is 2. The third-order valence-electron chi connectivity index (χ3n) is 3.91. The topological polar surface area (TPSA) is 32.3 Å². The normalized spacial score (nSPS) is 19.6. The molecule has 1 heterocycles. The molecular weight excluding hydrogens is 236 g/mol. The van der Waals surface area contributed by atoms with Crippen molar-refractivity contribution in [3.63, 3.8) is 0 Å². The minimum absolute atomic E-state index is 0.0546. The van der Waals surface area contributed by atoms with Gasteiger partial charge in [0.2, 0.25) is 5.91 Å². The van der Waals surface area contributed by atoms with Gasteiger partial charge in [0.15, 0.2) is 0 Å². The number of benzene rings is 1. The molecule has 1 aliphatic rings. The highest BCUT2D eigenvalue weighted by atomic mass is 16.2. The molecule has 19 heavy (non-hydrogen) atoms. The fourth-order valence-corrected chi connectivity index (χ4v) is 2.90. The highest BCUT2D eigenvalue weighted by Gasteiger charge is 2.30. The van der Waals surface area contributed by atoms with E-state index in [-0.39, 0.29) is 11.9 Å². The minimum atomic E-state index is 0.0546. The molecule has 0 spiro atoms. The third kappa shape index (κ3) is 3.16. The van der Waals surface area contributed by atoms with E-state index in [1.807, 2.05) is 32.0 Å². The Labute approximate surface area is 116 Å². The lowest BCUT2D eigenvalue weighted by Crippen LogP contribution is -2.40. The number of hydrogen-bond acceptors (Lipinski definition) is 2. The average molecular weight is 260 g/mol. The van der Waals surface area contributed by atoms with Crippen molar-refractivity contribution in [3.05, 3.63) is 29.3 Å². The van der Waals surface area contributed by atoms with E-state index in [0.717, 1.165) is 49.2 Å². The number of anilines is 1. The van der Waals surface area contributed by atoms with Crippen molar-refractivity contribution in [3.8, 4) is 0 Å². The minimum Gasteiger partial charge on any atom is -0.324 e. The Morgan fingerprint density at radius 3 is 2.68 bits per heavy atom. The molecule has 0 saturated carbocycles. The standard InChI is InChI=1S/C16H24N2O/c1-4-10-18-11-6-9-14(18)16(19)17-15-12(2)7-5-8-13(15)3/h5,7-8,14H,4,6,9-11H2,1-3H3,(H,17,19)/t14-/m0/s1. The summed E-state index contributed by atoms with van der Waals surface area (Å²) < 4.78 is 0. The molecule has 1 aromatic carbocycles. The van der Waals surface area contributed by atoms with E-state index in [9.17, 15) is 4.79 Å². The van der Waals surface area contributed by atoms with Gasteiger partial charge < -0.3 is 5.32 Å². The summed E-state index contributed by atoms with van der Waals surface area (Å²) >= 11 is 0. The molecule has 1 N–H and O–H groups in total. The zero-order valence-corrected chi connectivity index (χ0v) is 12.2. The van der Waals surface area contributed by atoms with Crippen molar-refractivity contribution < 1.29 is 4.79 Å². The largest absolute Gasteiger partial charge is 0.324 e. The summed E-state index contributed by atoms with van der Waals surface area (Å²) in [6.45, 7) is 8.32. The molecule has 0 unspecified atom stereocenters. The molecule has 0 radical (unpaired) electrons. The second kappa shape index (κ2) is 6.20. The summed E-state index contributed by atoms with van der Waals surface area (Å²) in [5, 5.41) is 3.13. The summed E-state index contributed by atoms with van der Waals surface area (Å²) in [6.07, 6.45) is 3.22. The van der Waals surface area contributed by atoms with Gasteiger partial charge >= 0.3 is 0 Å². The number of nitrogens with zero attached hydrogens (tertiary/aromatic N) is 1. The highest BCUT2D eigenvalue weighted by Crippen LogP contribution is 2.23. The van der Waals surface area contributed by atoms with E-state index in [0.29, 0.717) is 0 Å². The number of carbonyl (C=O) groups is 1. The van der Waals surface area contributed by atoms with Crippen LogP contribution in [0, 0.1) is 13.8 Å². The first-order valence-corrected chi connectivity index (χ1v) is 7.24. The lowest BCUT2D eigenvalue weighted by atomic mass is 10.1. The van der Waals surface area contributed by atoms with Crippen LogP contribution in [0.1, 0.15) is 37.3 Å². The van der Waals surface area contributed by atoms with Crippen molar-refractivity contribution in [1.29, 1.82) is 0 Å². The molecular formula is C16H24N2O. The van der Waals surface area contributed by atoms with Gasteiger partial charge in [-0.3, -0.25) is 9.69 Å². The Morgan fingerprint density at radius 2 is 2.05 bits per heavy atom. The zero-order valence-electron chi connectivity index (χ0n) is 12.2. The zero-order chi connectivity index (χ0) is 13.8. The van der Waals surface area contributed by atoms with Gasteiger partial charge in [-0.2, -0.15) is 0 Å². The number of amides is 1. The summed E-state index contributed by atoms with van der Waals surface area (Å²) in [5.74, 6) is 0.156. The molecule has 1 aliphatic heterocycles. The van der Waals surface area contributed by atoms with Gasteiger partial charge in [-0.15, -0.1) is 0 Å². The molecule has 104 valence electrons. The second-order valence-electron chi connectivity index (χ2n) is 5.45. The molecule has 1 saturated heterocycles. The van der Waals surface area contributed by atoms with Crippen molar-refractivity contribution in [2.75, 3.05) is 18.4 Å². The van der Waals surface area contributed by atoms with Gasteiger partial charge in [-0.1, -0.05) is 25.1 Å². The summed E-state index contributed by atoms with van der Waals surface area (Å²) in [6, 6.07) is 6.17. The number of hydrogen-bond donors (Lipinski definition) is 1. The van der Waals surface area contributed by atoms with Crippen LogP contribution in [0.3, 0.4) is 0 Å². The fraction of sp³-hybridized carbons (Fsp3) is 0.562. The Balaban J connectivity index is 2.08. The lowest BCUT2D eigenvalue weighted by Gasteiger charge is -2.23. The smallest absolute Gasteiger partial charge is 0.241 e. The van der Waals surface area contributed by atoms with E-state index in [1.54, 1.807) is 0 Å². The van der Waals surface area contributed by atoms with Crippen molar-refractivity contribution in [2.24, 2.45) is 0 Å². The van der Waals surface area contributed by atoms with Crippen LogP contribution in [-0.2, 0) is 4.79 Å². The molecule has 0 bridgehead atoms. The quantitative estimate of drug-likeness (QED) is 0.902. The van der Waals surface area contributed by atoms with Gasteiger partial charge in [0.05, 0.1) is 6.04 Å². The first-order valence-electron chi connectivity index (χ1n) is 7.24. The molecule has 1 atom stereocenters. The average Bonchev–Trinajstić information content (AvgIpc) is 2.83. The number of likely N-dealkylation sites (tertiary alicyclic amines) is 1. The highest BCUT2D eigenvalue weighted by molar-refractivity contribution is 5.96. The number of carbonyl (C=O) groups excluding carboxylic acids is 1. The van der Waals surface area contributed by atoms with E-state index in [1.165, 1.54) is 0 Å². The molecule has 1 aromatic rings. The van der Waals surface area contributed by atoms with Crippen LogP contribution in [0.5, 0.6) is 0 Å². The molecule has 1 fully saturated rings. The Bertz CT molecular complexity index is 436. The van der Waals surface area contributed by atoms with E-state index in [4.69, 9.17) is 0 Å². The monoisotopic (exact) mass is 260 g/mol. The first-order chi connectivity index (χ1) is 9.13. The second-order valence-corrected chi connectivity index (χ2v) is 5.45. The van der Waals surface area contributed by atoms with E-state index in [2.05, 4.69) is 17.1 Å². The summed E-state index contributed by atoms with van der Waals surface area (Å²) in [7, 11) is 0. The number of rotatable bonds is 4. The predicted octanol–water partition coefficient (Wildman–Crippen LogP) is 3.12. The third-order valence-corrected chi connectivity index (χ3v) is 3.91. The first kappa shape index (κ1) is 14.1. The van der Waals surface area contributed by atoms with Gasteiger partial charge in [-0.05, 0) is 57.3 Å². The van der Waals surface area contributed by atoms with Crippen LogP contribution in [-0.4, -0.2) is 29.9 Å². The number of nitrogens with one attached hydrogen (secondary N) is 1. The van der Waals surface area contributed by atoms with Crippen LogP contribution < -0.4 is 5.32 Å². The van der Waals surface area contributed by atoms with Crippen LogP contribution in [0.25, 0.3) is 0 Å². The molecule has 3 nitrogen and oxygen atoms in total. The Morgan fingerprint density at radius 1 is 1.37 bits per heavy atom. The SMILES string of the molecule is CCCN1CCC[C@H]1C(=O)Nc1c(C)cccc1C. The van der Waals surface area contributed by atoms with Crippen LogP contribution in [0.4, 0.5) is 5.69 Å². The van der Waals surface area contributed by atoms with Crippen molar-refractivity contribution >= 4 is 11.6 Å². The fourth-order valence-electron chi connectivity index (χ4n) is 2.90. The summed E-state index contributed by atoms with van der Waals surface area (Å²) in [5.41, 5.74) is 3.25. The maximum absolute atomic E-state index is 12.5. The van der Waals surface area contributed by atoms with Crippen molar-refractivity contribution in [2.45, 2.75) is 46.1 Å². The van der Waals surface area contributed by atoms with E-state index < -0.39 is 0 Å². The molecule has 0 aliphatic carbocycles. The van der Waals surface area contributed by atoms with Gasteiger partial charge in [-0.25, -0.2) is 0 Å². The van der Waals surface area contributed by atoms with Crippen LogP contribution >= 0.6 is 0 Å². The Hall–Kier alpha value is -1.35. The van der Waals surface area contributed by atoms with Gasteiger partial charge in [0.1, 0.15) is 0 Å². The van der Waals surface area contributed by atoms with Gasteiger partial charge in [0.25, 0.3) is 0 Å².